The molecule has 0 aliphatic carbocycles. The molecule has 1 aromatic heterocycles. The van der Waals surface area contributed by atoms with Crippen LogP contribution in [0.2, 0.25) is 5.02 Å². The van der Waals surface area contributed by atoms with E-state index in [0.717, 1.165) is 4.57 Å². The molecule has 0 saturated carbocycles. The number of benzene rings is 1. The zero-order valence-corrected chi connectivity index (χ0v) is 11.9. The van der Waals surface area contributed by atoms with Gasteiger partial charge in [0.2, 0.25) is 0 Å². The molecule has 0 saturated heterocycles. The zero-order valence-electron chi connectivity index (χ0n) is 9.51. The summed E-state index contributed by atoms with van der Waals surface area (Å²) in [6.45, 7) is 0. The molecule has 0 radical (unpaired) electrons. The molecule has 1 heterocycles. The smallest absolute Gasteiger partial charge is 0.279 e. The Labute approximate surface area is 123 Å². The highest BCUT2D eigenvalue weighted by Crippen LogP contribution is 2.34. The first-order chi connectivity index (χ1) is 9.21. The number of hydrogen-bond donors (Lipinski definition) is 0. The van der Waals surface area contributed by atoms with Gasteiger partial charge >= 0.3 is 6.18 Å². The monoisotopic (exact) mass is 369 g/mol. The molecule has 0 fully saturated rings. The van der Waals surface area contributed by atoms with Gasteiger partial charge in [-0.25, -0.2) is 4.39 Å². The van der Waals surface area contributed by atoms with Gasteiger partial charge in [0.1, 0.15) is 11.5 Å². The van der Waals surface area contributed by atoms with Crippen LogP contribution in [0.3, 0.4) is 0 Å². The lowest BCUT2D eigenvalue weighted by atomic mass is 10.2. The Hall–Kier alpha value is -1.34. The second-order valence-electron chi connectivity index (χ2n) is 3.82. The minimum absolute atomic E-state index is 0.135. The van der Waals surface area contributed by atoms with E-state index in [1.54, 1.807) is 0 Å². The van der Waals surface area contributed by atoms with Gasteiger partial charge in [-0.3, -0.25) is 9.36 Å². The first-order valence-electron chi connectivity index (χ1n) is 5.15. The van der Waals surface area contributed by atoms with Gasteiger partial charge in [0, 0.05) is 6.20 Å². The van der Waals surface area contributed by atoms with Crippen LogP contribution < -0.4 is 5.56 Å². The lowest BCUT2D eigenvalue weighted by Gasteiger charge is -2.13. The predicted octanol–water partition coefficient (Wildman–Crippen LogP) is 4.41. The molecule has 0 aliphatic heterocycles. The molecule has 0 bridgehead atoms. The molecular weight excluding hydrogens is 365 g/mol. The van der Waals surface area contributed by atoms with Crippen LogP contribution in [-0.4, -0.2) is 4.57 Å². The maximum atomic E-state index is 13.9. The highest BCUT2D eigenvalue weighted by atomic mass is 79.9. The largest absolute Gasteiger partial charge is 0.416 e. The van der Waals surface area contributed by atoms with Gasteiger partial charge in [0.25, 0.3) is 5.56 Å². The van der Waals surface area contributed by atoms with Crippen LogP contribution in [0.15, 0.2) is 39.7 Å². The van der Waals surface area contributed by atoms with Crippen molar-refractivity contribution in [3.8, 4) is 5.69 Å². The SMILES string of the molecule is O=c1c(Br)cccn1-c1c(F)cc(C(F)(F)F)cc1Cl. The van der Waals surface area contributed by atoms with Crippen LogP contribution in [0.25, 0.3) is 5.69 Å². The molecule has 0 atom stereocenters. The van der Waals surface area contributed by atoms with Crippen molar-refractivity contribution in [2.75, 3.05) is 0 Å². The molecule has 0 aliphatic rings. The summed E-state index contributed by atoms with van der Waals surface area (Å²) in [5.41, 5.74) is -2.27. The van der Waals surface area contributed by atoms with E-state index in [4.69, 9.17) is 11.6 Å². The molecule has 2 nitrogen and oxygen atoms in total. The Kier molecular flexibility index (Phi) is 3.93. The van der Waals surface area contributed by atoms with Gasteiger partial charge in [0.15, 0.2) is 0 Å². The molecule has 2 rings (SSSR count). The summed E-state index contributed by atoms with van der Waals surface area (Å²) in [5, 5.41) is -0.502. The molecule has 0 N–H and O–H groups in total. The van der Waals surface area contributed by atoms with Gasteiger partial charge < -0.3 is 0 Å². The summed E-state index contributed by atoms with van der Waals surface area (Å²) in [6, 6.07) is 3.73. The van der Waals surface area contributed by atoms with Crippen LogP contribution in [0.5, 0.6) is 0 Å². The van der Waals surface area contributed by atoms with Gasteiger partial charge in [-0.2, -0.15) is 13.2 Å². The fourth-order valence-electron chi connectivity index (χ4n) is 1.60. The van der Waals surface area contributed by atoms with Gasteiger partial charge in [-0.05, 0) is 40.2 Å². The van der Waals surface area contributed by atoms with Crippen molar-refractivity contribution < 1.29 is 17.6 Å². The average molecular weight is 371 g/mol. The van der Waals surface area contributed by atoms with Crippen molar-refractivity contribution in [3.05, 3.63) is 61.7 Å². The van der Waals surface area contributed by atoms with Crippen LogP contribution in [0.4, 0.5) is 17.6 Å². The Morgan fingerprint density at radius 3 is 2.45 bits per heavy atom. The quantitative estimate of drug-likeness (QED) is 0.682. The second kappa shape index (κ2) is 5.21. The summed E-state index contributed by atoms with van der Waals surface area (Å²) >= 11 is 8.64. The fraction of sp³-hybridized carbons (Fsp3) is 0.0833. The van der Waals surface area contributed by atoms with Crippen molar-refractivity contribution in [3.63, 3.8) is 0 Å². The minimum Gasteiger partial charge on any atom is -0.279 e. The predicted molar refractivity (Wildman–Crippen MR) is 69.7 cm³/mol. The van der Waals surface area contributed by atoms with Crippen LogP contribution in [0, 0.1) is 5.82 Å². The van der Waals surface area contributed by atoms with E-state index in [9.17, 15) is 22.4 Å². The fourth-order valence-corrected chi connectivity index (χ4v) is 2.25. The van der Waals surface area contributed by atoms with Crippen molar-refractivity contribution >= 4 is 27.5 Å². The number of rotatable bonds is 1. The number of alkyl halides is 3. The Morgan fingerprint density at radius 1 is 1.25 bits per heavy atom. The molecule has 1 aromatic carbocycles. The lowest BCUT2D eigenvalue weighted by molar-refractivity contribution is -0.137. The third-order valence-corrected chi connectivity index (χ3v) is 3.38. The van der Waals surface area contributed by atoms with Gasteiger partial charge in [-0.1, -0.05) is 11.6 Å². The Balaban J connectivity index is 2.71. The number of halogens is 6. The van der Waals surface area contributed by atoms with E-state index in [0.29, 0.717) is 12.1 Å². The van der Waals surface area contributed by atoms with Crippen LogP contribution >= 0.6 is 27.5 Å². The normalized spacial score (nSPS) is 11.7. The highest BCUT2D eigenvalue weighted by Gasteiger charge is 2.32. The second-order valence-corrected chi connectivity index (χ2v) is 5.08. The zero-order chi connectivity index (χ0) is 15.1. The van der Waals surface area contributed by atoms with Crippen molar-refractivity contribution in [2.24, 2.45) is 0 Å². The molecule has 0 spiro atoms. The number of aromatic nitrogens is 1. The molecule has 0 unspecified atom stereocenters. The van der Waals surface area contributed by atoms with E-state index in [2.05, 4.69) is 15.9 Å². The number of nitrogens with zero attached hydrogens (tertiary/aromatic N) is 1. The van der Waals surface area contributed by atoms with Crippen LogP contribution in [0.1, 0.15) is 5.56 Å². The van der Waals surface area contributed by atoms with Crippen LogP contribution in [-0.2, 0) is 6.18 Å². The topological polar surface area (TPSA) is 22.0 Å². The molecule has 106 valence electrons. The first kappa shape index (κ1) is 15.1. The third-order valence-electron chi connectivity index (χ3n) is 2.49. The Morgan fingerprint density at radius 2 is 1.90 bits per heavy atom. The van der Waals surface area contributed by atoms with E-state index in [-0.39, 0.29) is 4.47 Å². The molecule has 0 amide bonds. The van der Waals surface area contributed by atoms with Gasteiger partial charge in [-0.15, -0.1) is 0 Å². The molecule has 8 heteroatoms. The molecule has 2 aromatic rings. The summed E-state index contributed by atoms with van der Waals surface area (Å²) < 4.78 is 52.4. The summed E-state index contributed by atoms with van der Waals surface area (Å²) in [5.74, 6) is -1.23. The lowest BCUT2D eigenvalue weighted by Crippen LogP contribution is -2.20. The Bertz CT molecular complexity index is 703. The average Bonchev–Trinajstić information content (AvgIpc) is 2.32. The van der Waals surface area contributed by atoms with E-state index in [1.165, 1.54) is 18.3 Å². The maximum absolute atomic E-state index is 13.9. The van der Waals surface area contributed by atoms with E-state index in [1.807, 2.05) is 0 Å². The number of hydrogen-bond acceptors (Lipinski definition) is 1. The summed E-state index contributed by atoms with van der Waals surface area (Å²) in [4.78, 5) is 11.8. The summed E-state index contributed by atoms with van der Waals surface area (Å²) in [7, 11) is 0. The summed E-state index contributed by atoms with van der Waals surface area (Å²) in [6.07, 6.45) is -3.50. The molecule has 20 heavy (non-hydrogen) atoms. The van der Waals surface area contributed by atoms with E-state index < -0.39 is 33.8 Å². The molecular formula is C12H5BrClF4NO. The standard InChI is InChI=1S/C12H5BrClF4NO/c13-7-2-1-3-19(11(7)20)10-8(14)4-6(5-9(10)15)12(16,17)18/h1-5H. The maximum Gasteiger partial charge on any atom is 0.416 e. The number of pyridine rings is 1. The highest BCUT2D eigenvalue weighted by molar-refractivity contribution is 9.10. The minimum atomic E-state index is -4.72. The first-order valence-corrected chi connectivity index (χ1v) is 6.32. The van der Waals surface area contributed by atoms with E-state index >= 15 is 0 Å². The van der Waals surface area contributed by atoms with Gasteiger partial charge in [0.05, 0.1) is 15.1 Å². The van der Waals surface area contributed by atoms with Crippen molar-refractivity contribution in [2.45, 2.75) is 6.18 Å². The van der Waals surface area contributed by atoms with Crippen molar-refractivity contribution in [1.82, 2.24) is 4.57 Å². The third kappa shape index (κ3) is 2.73. The van der Waals surface area contributed by atoms with Crippen molar-refractivity contribution in [1.29, 1.82) is 0 Å².